The highest BCUT2D eigenvalue weighted by Crippen LogP contribution is 2.29. The van der Waals surface area contributed by atoms with Gasteiger partial charge in [0, 0.05) is 0 Å². The van der Waals surface area contributed by atoms with Crippen LogP contribution in [0.4, 0.5) is 0 Å². The lowest BCUT2D eigenvalue weighted by molar-refractivity contribution is -0.125. The molecule has 0 aromatic heterocycles. The fourth-order valence-electron chi connectivity index (χ4n) is 2.99. The minimum Gasteiger partial charge on any atom is -0.508 e. The molecule has 0 spiro atoms. The molecule has 0 radical (unpaired) electrons. The number of fused-ring (bicyclic) bond motifs is 1. The van der Waals surface area contributed by atoms with Crippen molar-refractivity contribution in [1.29, 1.82) is 0 Å². The smallest absolute Gasteiger partial charge is 0.338 e. The van der Waals surface area contributed by atoms with Gasteiger partial charge in [-0.1, -0.05) is 30.3 Å². The van der Waals surface area contributed by atoms with Gasteiger partial charge in [-0.25, -0.2) is 4.79 Å². The van der Waals surface area contributed by atoms with E-state index in [9.17, 15) is 14.7 Å². The second-order valence-corrected chi connectivity index (χ2v) is 5.84. The van der Waals surface area contributed by atoms with Crippen molar-refractivity contribution in [2.24, 2.45) is 0 Å². The molecule has 24 heavy (non-hydrogen) atoms. The maximum absolute atomic E-state index is 12.1. The first-order valence-corrected chi connectivity index (χ1v) is 7.97. The molecule has 3 rings (SSSR count). The number of aryl methyl sites for hydroxylation is 1. The molecule has 1 atom stereocenters. The van der Waals surface area contributed by atoms with Crippen molar-refractivity contribution in [1.82, 2.24) is 5.32 Å². The second-order valence-electron chi connectivity index (χ2n) is 5.84. The van der Waals surface area contributed by atoms with E-state index in [4.69, 9.17) is 4.74 Å². The first-order valence-electron chi connectivity index (χ1n) is 7.97. The summed E-state index contributed by atoms with van der Waals surface area (Å²) >= 11 is 0. The lowest BCUT2D eigenvalue weighted by Gasteiger charge is -2.26. The number of aromatic hydroxyl groups is 1. The highest BCUT2D eigenvalue weighted by atomic mass is 16.5. The van der Waals surface area contributed by atoms with Crippen molar-refractivity contribution in [3.8, 4) is 5.75 Å². The molecule has 2 aromatic rings. The molecule has 2 N–H and O–H groups in total. The van der Waals surface area contributed by atoms with E-state index in [1.807, 2.05) is 18.2 Å². The summed E-state index contributed by atoms with van der Waals surface area (Å²) in [6.07, 6.45) is 2.92. The monoisotopic (exact) mass is 325 g/mol. The normalized spacial score (nSPS) is 16.1. The van der Waals surface area contributed by atoms with Gasteiger partial charge in [-0.2, -0.15) is 0 Å². The van der Waals surface area contributed by atoms with Crippen molar-refractivity contribution in [3.05, 3.63) is 65.2 Å². The molecule has 1 amide bonds. The number of hydrogen-bond acceptors (Lipinski definition) is 4. The number of rotatable bonds is 4. The Morgan fingerprint density at radius 2 is 2.00 bits per heavy atom. The van der Waals surface area contributed by atoms with Crippen LogP contribution in [0.15, 0.2) is 48.5 Å². The number of ether oxygens (including phenoxy) is 1. The third kappa shape index (κ3) is 3.74. The lowest BCUT2D eigenvalue weighted by atomic mass is 9.88. The average molecular weight is 325 g/mol. The summed E-state index contributed by atoms with van der Waals surface area (Å²) in [7, 11) is 0. The Hall–Kier alpha value is -2.82. The van der Waals surface area contributed by atoms with Crippen molar-refractivity contribution in [2.45, 2.75) is 25.3 Å². The van der Waals surface area contributed by atoms with E-state index in [-0.39, 0.29) is 29.9 Å². The number of esters is 1. The fourth-order valence-corrected chi connectivity index (χ4v) is 2.99. The zero-order chi connectivity index (χ0) is 16.9. The van der Waals surface area contributed by atoms with Crippen molar-refractivity contribution in [2.75, 3.05) is 6.61 Å². The van der Waals surface area contributed by atoms with Crippen molar-refractivity contribution in [3.63, 3.8) is 0 Å². The molecule has 124 valence electrons. The van der Waals surface area contributed by atoms with E-state index >= 15 is 0 Å². The number of phenolic OH excluding ortho intramolecular Hbond substituents is 1. The van der Waals surface area contributed by atoms with Gasteiger partial charge in [0.15, 0.2) is 6.61 Å². The highest BCUT2D eigenvalue weighted by Gasteiger charge is 2.21. The molecule has 0 fully saturated rings. The predicted molar refractivity (Wildman–Crippen MR) is 88.7 cm³/mol. The van der Waals surface area contributed by atoms with E-state index in [0.29, 0.717) is 0 Å². The van der Waals surface area contributed by atoms with Gasteiger partial charge in [-0.05, 0) is 48.6 Å². The standard InChI is InChI=1S/C19H19NO4/c21-15-8-3-7-14(11-15)19(23)24-12-18(22)20-17-10-4-6-13-5-1-2-9-16(13)17/h1-3,5,7-9,11,17,21H,4,6,10,12H2,(H,20,22)/t17-/m1/s1. The molecule has 1 aliphatic rings. The van der Waals surface area contributed by atoms with Crippen LogP contribution in [0.1, 0.15) is 40.4 Å². The van der Waals surface area contributed by atoms with Gasteiger partial charge >= 0.3 is 5.97 Å². The van der Waals surface area contributed by atoms with E-state index in [1.165, 1.54) is 23.8 Å². The van der Waals surface area contributed by atoms with Crippen LogP contribution in [0.3, 0.4) is 0 Å². The molecule has 0 saturated carbocycles. The molecule has 0 bridgehead atoms. The predicted octanol–water partition coefficient (Wildman–Crippen LogP) is 2.74. The Balaban J connectivity index is 1.56. The highest BCUT2D eigenvalue weighted by molar-refractivity contribution is 5.91. The number of hydrogen-bond donors (Lipinski definition) is 2. The van der Waals surface area contributed by atoms with Gasteiger partial charge < -0.3 is 15.2 Å². The summed E-state index contributed by atoms with van der Waals surface area (Å²) in [4.78, 5) is 24.0. The van der Waals surface area contributed by atoms with Gasteiger partial charge in [0.05, 0.1) is 11.6 Å². The van der Waals surface area contributed by atoms with Gasteiger partial charge in [-0.3, -0.25) is 4.79 Å². The largest absolute Gasteiger partial charge is 0.508 e. The number of carbonyl (C=O) groups excluding carboxylic acids is 2. The maximum atomic E-state index is 12.1. The van der Waals surface area contributed by atoms with E-state index in [1.54, 1.807) is 6.07 Å². The summed E-state index contributed by atoms with van der Waals surface area (Å²) < 4.78 is 5.01. The van der Waals surface area contributed by atoms with Crippen LogP contribution >= 0.6 is 0 Å². The molecule has 0 saturated heterocycles. The molecule has 0 aliphatic heterocycles. The number of nitrogens with one attached hydrogen (secondary N) is 1. The topological polar surface area (TPSA) is 75.6 Å². The van der Waals surface area contributed by atoms with Crippen LogP contribution in [0.25, 0.3) is 0 Å². The van der Waals surface area contributed by atoms with E-state index in [2.05, 4.69) is 11.4 Å². The zero-order valence-electron chi connectivity index (χ0n) is 13.2. The Bertz CT molecular complexity index is 757. The SMILES string of the molecule is O=C(COC(=O)c1cccc(O)c1)N[C@@H]1CCCc2ccccc21. The zero-order valence-corrected chi connectivity index (χ0v) is 13.2. The Morgan fingerprint density at radius 3 is 2.83 bits per heavy atom. The number of phenols is 1. The molecule has 1 aliphatic carbocycles. The van der Waals surface area contributed by atoms with Crippen LogP contribution in [-0.4, -0.2) is 23.6 Å². The summed E-state index contributed by atoms with van der Waals surface area (Å²) in [5.41, 5.74) is 2.60. The quantitative estimate of drug-likeness (QED) is 0.848. The van der Waals surface area contributed by atoms with Gasteiger partial charge in [-0.15, -0.1) is 0 Å². The fraction of sp³-hybridized carbons (Fsp3) is 0.263. The number of benzene rings is 2. The van der Waals surface area contributed by atoms with Crippen LogP contribution in [0, 0.1) is 0 Å². The van der Waals surface area contributed by atoms with Crippen LogP contribution < -0.4 is 5.32 Å². The molecular formula is C19H19NO4. The van der Waals surface area contributed by atoms with Crippen molar-refractivity contribution < 1.29 is 19.4 Å². The molecular weight excluding hydrogens is 306 g/mol. The summed E-state index contributed by atoms with van der Waals surface area (Å²) in [6.45, 7) is -0.340. The molecule has 0 heterocycles. The van der Waals surface area contributed by atoms with E-state index in [0.717, 1.165) is 24.8 Å². The van der Waals surface area contributed by atoms with Crippen LogP contribution in [-0.2, 0) is 16.0 Å². The van der Waals surface area contributed by atoms with E-state index < -0.39 is 5.97 Å². The van der Waals surface area contributed by atoms with Crippen LogP contribution in [0.2, 0.25) is 0 Å². The van der Waals surface area contributed by atoms with Crippen molar-refractivity contribution >= 4 is 11.9 Å². The van der Waals surface area contributed by atoms with Gasteiger partial charge in [0.25, 0.3) is 5.91 Å². The number of carbonyl (C=O) groups is 2. The van der Waals surface area contributed by atoms with Crippen LogP contribution in [0.5, 0.6) is 5.75 Å². The number of amides is 1. The summed E-state index contributed by atoms with van der Waals surface area (Å²) in [6, 6.07) is 13.9. The molecule has 0 unspecified atom stereocenters. The lowest BCUT2D eigenvalue weighted by Crippen LogP contribution is -2.34. The first-order chi connectivity index (χ1) is 11.6. The first kappa shape index (κ1) is 16.1. The molecule has 5 heteroatoms. The minimum absolute atomic E-state index is 0.0206. The molecule has 5 nitrogen and oxygen atoms in total. The molecule has 2 aromatic carbocycles. The second kappa shape index (κ2) is 7.17. The summed E-state index contributed by atoms with van der Waals surface area (Å²) in [5.74, 6) is -0.983. The Labute approximate surface area is 140 Å². The third-order valence-electron chi connectivity index (χ3n) is 4.12. The average Bonchev–Trinajstić information content (AvgIpc) is 2.60. The van der Waals surface area contributed by atoms with Gasteiger partial charge in [0.2, 0.25) is 0 Å². The minimum atomic E-state index is -0.634. The van der Waals surface area contributed by atoms with Gasteiger partial charge in [0.1, 0.15) is 5.75 Å². The summed E-state index contributed by atoms with van der Waals surface area (Å²) in [5, 5.41) is 12.3. The Kier molecular flexibility index (Phi) is 4.79. The maximum Gasteiger partial charge on any atom is 0.338 e. The Morgan fingerprint density at radius 1 is 1.17 bits per heavy atom. The third-order valence-corrected chi connectivity index (χ3v) is 4.12.